The highest BCUT2D eigenvalue weighted by Crippen LogP contribution is 2.33. The predicted octanol–water partition coefficient (Wildman–Crippen LogP) is 4.71. The maximum Gasteiger partial charge on any atom is 0.296 e. The monoisotopic (exact) mass is 546 g/mol. The van der Waals surface area contributed by atoms with Crippen molar-refractivity contribution in [3.8, 4) is 23.1 Å². The lowest BCUT2D eigenvalue weighted by Crippen LogP contribution is -2.52. The minimum absolute atomic E-state index is 0.146. The average Bonchev–Trinajstić information content (AvgIpc) is 2.94. The van der Waals surface area contributed by atoms with E-state index in [1.807, 2.05) is 12.1 Å². The lowest BCUT2D eigenvalue weighted by Gasteiger charge is -2.41. The number of likely N-dealkylation sites (tertiary alicyclic amines) is 1. The quantitative estimate of drug-likeness (QED) is 0.440. The first-order valence-electron chi connectivity index (χ1n) is 13.8. The Bertz CT molecular complexity index is 1370. The fourth-order valence-corrected chi connectivity index (χ4v) is 5.57. The van der Waals surface area contributed by atoms with Crippen LogP contribution in [0.1, 0.15) is 36.3 Å². The van der Waals surface area contributed by atoms with Gasteiger partial charge in [-0.2, -0.15) is 5.26 Å². The first-order chi connectivity index (χ1) is 19.5. The summed E-state index contributed by atoms with van der Waals surface area (Å²) < 4.78 is 39.4. The third kappa shape index (κ3) is 5.77. The zero-order chi connectivity index (χ0) is 27.5. The summed E-state index contributed by atoms with van der Waals surface area (Å²) in [5.74, 6) is -1.87. The number of rotatable bonds is 7. The largest absolute Gasteiger partial charge is 0.483 e. The summed E-state index contributed by atoms with van der Waals surface area (Å²) in [6.45, 7) is 3.97. The number of piperidine rings is 2. The molecular weight excluding hydrogens is 514 g/mol. The van der Waals surface area contributed by atoms with Gasteiger partial charge in [-0.25, -0.2) is 18.7 Å². The molecule has 3 saturated heterocycles. The highest BCUT2D eigenvalue weighted by Gasteiger charge is 2.43. The van der Waals surface area contributed by atoms with E-state index in [2.05, 4.69) is 43.7 Å². The number of ether oxygens (including phenoxy) is 2. The zero-order valence-corrected chi connectivity index (χ0v) is 22.2. The van der Waals surface area contributed by atoms with Gasteiger partial charge in [0.15, 0.2) is 6.10 Å². The van der Waals surface area contributed by atoms with E-state index in [4.69, 9.17) is 9.47 Å². The number of benzene rings is 2. The van der Waals surface area contributed by atoms with Gasteiger partial charge in [-0.1, -0.05) is 12.1 Å². The van der Waals surface area contributed by atoms with Crippen molar-refractivity contribution in [2.45, 2.75) is 43.2 Å². The maximum absolute atomic E-state index is 14.2. The molecule has 3 fully saturated rings. The van der Waals surface area contributed by atoms with Crippen LogP contribution in [0.4, 0.5) is 20.4 Å². The molecule has 3 aliphatic heterocycles. The molecule has 0 bridgehead atoms. The van der Waals surface area contributed by atoms with Crippen LogP contribution in [0.25, 0.3) is 11.3 Å². The van der Waals surface area contributed by atoms with E-state index in [-0.39, 0.29) is 17.7 Å². The van der Waals surface area contributed by atoms with E-state index in [9.17, 15) is 14.0 Å². The Morgan fingerprint density at radius 1 is 1.07 bits per heavy atom. The number of nitrogens with zero attached hydrogens (tertiary/aromatic N) is 4. The Labute approximate surface area is 232 Å². The Morgan fingerprint density at radius 3 is 2.58 bits per heavy atom. The molecule has 208 valence electrons. The molecule has 3 aromatic rings. The number of hydrogen-bond acceptors (Lipinski definition) is 8. The van der Waals surface area contributed by atoms with Crippen LogP contribution in [0.5, 0.6) is 5.75 Å². The topological polar surface area (TPSA) is 95.3 Å². The van der Waals surface area contributed by atoms with Crippen LogP contribution in [0.15, 0.2) is 54.7 Å². The highest BCUT2D eigenvalue weighted by atomic mass is 19.3. The van der Waals surface area contributed by atoms with Gasteiger partial charge < -0.3 is 20.1 Å². The Hall–Kier alpha value is -3.65. The highest BCUT2D eigenvalue weighted by molar-refractivity contribution is 5.66. The zero-order valence-electron chi connectivity index (χ0n) is 22.2. The molecule has 3 aliphatic rings. The van der Waals surface area contributed by atoms with Gasteiger partial charge in [0.25, 0.3) is 5.92 Å². The molecule has 6 rings (SSSR count). The second-order valence-corrected chi connectivity index (χ2v) is 10.7. The van der Waals surface area contributed by atoms with Crippen LogP contribution in [0.2, 0.25) is 0 Å². The van der Waals surface area contributed by atoms with Gasteiger partial charge in [-0.3, -0.25) is 4.90 Å². The molecule has 2 aromatic carbocycles. The molecule has 10 heteroatoms. The summed E-state index contributed by atoms with van der Waals surface area (Å²) in [6.07, 6.45) is 2.85. The minimum Gasteiger partial charge on any atom is -0.483 e. The number of alkyl halides is 2. The number of hydrogen-bond donors (Lipinski definition) is 2. The van der Waals surface area contributed by atoms with E-state index < -0.39 is 18.6 Å². The standard InChI is InChI=1S/C30H32F2N6O2/c31-30(32)19-34-11-8-28(30)40-27-6-3-22(15-23(27)16-33)26-7-12-35-29(37-26)36-24-4-1-20(2-5-24)21-9-13-38(14-10-21)25-17-39-18-25/h1-7,12,15,21,25,28,34H,8-11,13-14,17-19H2,(H,35,36,37). The smallest absolute Gasteiger partial charge is 0.296 e. The van der Waals surface area contributed by atoms with Crippen molar-refractivity contribution in [1.29, 1.82) is 5.26 Å². The van der Waals surface area contributed by atoms with Crippen molar-refractivity contribution in [2.75, 3.05) is 44.7 Å². The lowest BCUT2D eigenvalue weighted by molar-refractivity contribution is -0.109. The van der Waals surface area contributed by atoms with E-state index in [1.165, 1.54) is 5.56 Å². The third-order valence-corrected chi connectivity index (χ3v) is 8.04. The van der Waals surface area contributed by atoms with E-state index in [1.54, 1.807) is 30.5 Å². The lowest BCUT2D eigenvalue weighted by atomic mass is 9.88. The molecule has 1 aromatic heterocycles. The maximum atomic E-state index is 14.2. The van der Waals surface area contributed by atoms with Crippen molar-refractivity contribution >= 4 is 11.6 Å². The van der Waals surface area contributed by atoms with Crippen LogP contribution < -0.4 is 15.4 Å². The van der Waals surface area contributed by atoms with Gasteiger partial charge in [0.1, 0.15) is 11.8 Å². The summed E-state index contributed by atoms with van der Waals surface area (Å²) in [7, 11) is 0. The summed E-state index contributed by atoms with van der Waals surface area (Å²) >= 11 is 0. The first kappa shape index (κ1) is 26.6. The van der Waals surface area contributed by atoms with Crippen molar-refractivity contribution < 1.29 is 18.3 Å². The summed E-state index contributed by atoms with van der Waals surface area (Å²) in [5.41, 5.74) is 3.68. The predicted molar refractivity (Wildman–Crippen MR) is 147 cm³/mol. The van der Waals surface area contributed by atoms with Gasteiger partial charge in [0.05, 0.1) is 37.1 Å². The Kier molecular flexibility index (Phi) is 7.61. The molecule has 0 radical (unpaired) electrons. The van der Waals surface area contributed by atoms with E-state index in [0.29, 0.717) is 35.7 Å². The van der Waals surface area contributed by atoms with Crippen LogP contribution in [0, 0.1) is 11.3 Å². The van der Waals surface area contributed by atoms with Crippen molar-refractivity contribution in [3.05, 3.63) is 65.9 Å². The number of aromatic nitrogens is 2. The molecule has 40 heavy (non-hydrogen) atoms. The SMILES string of the molecule is N#Cc1cc(-c2ccnc(Nc3ccc(C4CCN(C5COC5)CC4)cc3)n2)ccc1OC1CCNCC1(F)F. The van der Waals surface area contributed by atoms with Gasteiger partial charge in [0.2, 0.25) is 5.95 Å². The molecule has 0 saturated carbocycles. The van der Waals surface area contributed by atoms with Gasteiger partial charge in [-0.05, 0) is 80.4 Å². The second kappa shape index (κ2) is 11.5. The molecular formula is C30H32F2N6O2. The number of nitrogens with one attached hydrogen (secondary N) is 2. The third-order valence-electron chi connectivity index (χ3n) is 8.04. The summed E-state index contributed by atoms with van der Waals surface area (Å²) in [4.78, 5) is 11.5. The van der Waals surface area contributed by atoms with Gasteiger partial charge in [0, 0.05) is 23.9 Å². The molecule has 0 aliphatic carbocycles. The van der Waals surface area contributed by atoms with Crippen LogP contribution in [0.3, 0.4) is 0 Å². The first-order valence-corrected chi connectivity index (χ1v) is 13.8. The van der Waals surface area contributed by atoms with Gasteiger partial charge in [-0.15, -0.1) is 0 Å². The number of anilines is 2. The van der Waals surface area contributed by atoms with Crippen molar-refractivity contribution in [3.63, 3.8) is 0 Å². The molecule has 2 N–H and O–H groups in total. The summed E-state index contributed by atoms with van der Waals surface area (Å²) in [5, 5.41) is 15.6. The Morgan fingerprint density at radius 2 is 1.88 bits per heavy atom. The van der Waals surface area contributed by atoms with Crippen LogP contribution >= 0.6 is 0 Å². The molecule has 8 nitrogen and oxygen atoms in total. The Balaban J connectivity index is 1.11. The fourth-order valence-electron chi connectivity index (χ4n) is 5.57. The number of halogens is 2. The second-order valence-electron chi connectivity index (χ2n) is 10.7. The molecule has 1 atom stereocenters. The summed E-state index contributed by atoms with van der Waals surface area (Å²) in [6, 6.07) is 17.7. The van der Waals surface area contributed by atoms with Crippen LogP contribution in [-0.2, 0) is 4.74 Å². The molecule has 0 spiro atoms. The molecule has 4 heterocycles. The molecule has 1 unspecified atom stereocenters. The average molecular weight is 547 g/mol. The molecule has 0 amide bonds. The van der Waals surface area contributed by atoms with Gasteiger partial charge >= 0.3 is 0 Å². The van der Waals surface area contributed by atoms with Crippen molar-refractivity contribution in [1.82, 2.24) is 20.2 Å². The van der Waals surface area contributed by atoms with E-state index in [0.717, 1.165) is 44.8 Å². The normalized spacial score (nSPS) is 21.8. The van der Waals surface area contributed by atoms with Crippen molar-refractivity contribution in [2.24, 2.45) is 0 Å². The fraction of sp³-hybridized carbons (Fsp3) is 0.433. The number of nitriles is 1. The van der Waals surface area contributed by atoms with Crippen LogP contribution in [-0.4, -0.2) is 72.3 Å². The minimum atomic E-state index is -3.00. The van der Waals surface area contributed by atoms with E-state index >= 15 is 0 Å².